The minimum absolute atomic E-state index is 0.674. The van der Waals surface area contributed by atoms with Gasteiger partial charge in [0.05, 0.1) is 6.54 Å². The Morgan fingerprint density at radius 3 is 2.83 bits per heavy atom. The lowest BCUT2D eigenvalue weighted by Gasteiger charge is -2.35. The maximum Gasteiger partial charge on any atom is 0.191 e. The summed E-state index contributed by atoms with van der Waals surface area (Å²) < 4.78 is 2.16. The van der Waals surface area contributed by atoms with Crippen LogP contribution in [0.5, 0.6) is 0 Å². The smallest absolute Gasteiger partial charge is 0.191 e. The van der Waals surface area contributed by atoms with Crippen LogP contribution in [-0.2, 0) is 13.1 Å². The van der Waals surface area contributed by atoms with E-state index in [1.54, 1.807) is 0 Å². The van der Waals surface area contributed by atoms with Crippen LogP contribution in [0.4, 0.5) is 0 Å². The zero-order chi connectivity index (χ0) is 21.2. The molecule has 30 heavy (non-hydrogen) atoms. The maximum atomic E-state index is 4.82. The van der Waals surface area contributed by atoms with E-state index in [1.807, 2.05) is 19.3 Å². The molecule has 1 aliphatic heterocycles. The molecule has 1 unspecified atom stereocenters. The van der Waals surface area contributed by atoms with Gasteiger partial charge in [0.25, 0.3) is 0 Å². The zero-order valence-corrected chi connectivity index (χ0v) is 18.9. The first kappa shape index (κ1) is 22.3. The highest BCUT2D eigenvalue weighted by Gasteiger charge is 2.19. The lowest BCUT2D eigenvalue weighted by Crippen LogP contribution is -2.45. The number of benzene rings is 1. The molecule has 1 atom stereocenters. The third kappa shape index (κ3) is 6.59. The molecule has 2 aromatic rings. The first-order valence-corrected chi connectivity index (χ1v) is 11.5. The summed E-state index contributed by atoms with van der Waals surface area (Å²) in [6, 6.07) is 9.43. The molecule has 0 aliphatic carbocycles. The van der Waals surface area contributed by atoms with Gasteiger partial charge in [-0.15, -0.1) is 0 Å². The van der Waals surface area contributed by atoms with Crippen molar-refractivity contribution in [3.8, 4) is 0 Å². The fraction of sp³-hybridized carbons (Fsp3) is 0.583. The molecule has 0 saturated carbocycles. The molecule has 1 aromatic carbocycles. The summed E-state index contributed by atoms with van der Waals surface area (Å²) in [7, 11) is 0. The number of guanidine groups is 1. The molecule has 1 aliphatic rings. The van der Waals surface area contributed by atoms with Crippen molar-refractivity contribution in [1.82, 2.24) is 25.1 Å². The highest BCUT2D eigenvalue weighted by atomic mass is 15.2. The number of likely N-dealkylation sites (tertiary alicyclic amines) is 1. The maximum absolute atomic E-state index is 4.82. The summed E-state index contributed by atoms with van der Waals surface area (Å²) in [5.74, 6) is 1.94. The van der Waals surface area contributed by atoms with Gasteiger partial charge in [-0.2, -0.15) is 0 Å². The first-order valence-electron chi connectivity index (χ1n) is 11.5. The van der Waals surface area contributed by atoms with E-state index in [4.69, 9.17) is 4.99 Å². The van der Waals surface area contributed by atoms with Crippen molar-refractivity contribution in [1.29, 1.82) is 0 Å². The van der Waals surface area contributed by atoms with E-state index >= 15 is 0 Å². The van der Waals surface area contributed by atoms with E-state index in [-0.39, 0.29) is 0 Å². The van der Waals surface area contributed by atoms with Crippen LogP contribution < -0.4 is 10.6 Å². The quantitative estimate of drug-likeness (QED) is 0.490. The Hall–Kier alpha value is -2.34. The number of aryl methyl sites for hydroxylation is 1. The average Bonchev–Trinajstić information content (AvgIpc) is 3.17. The van der Waals surface area contributed by atoms with Crippen LogP contribution >= 0.6 is 0 Å². The van der Waals surface area contributed by atoms with Gasteiger partial charge < -0.3 is 15.2 Å². The van der Waals surface area contributed by atoms with Crippen molar-refractivity contribution in [3.05, 3.63) is 53.6 Å². The number of hydrogen-bond acceptors (Lipinski definition) is 3. The highest BCUT2D eigenvalue weighted by Crippen LogP contribution is 2.18. The average molecular weight is 411 g/mol. The fourth-order valence-corrected chi connectivity index (χ4v) is 4.24. The number of nitrogens with one attached hydrogen (secondary N) is 2. The number of nitrogens with zero attached hydrogens (tertiary/aromatic N) is 4. The van der Waals surface area contributed by atoms with Gasteiger partial charge in [0, 0.05) is 44.6 Å². The van der Waals surface area contributed by atoms with Crippen molar-refractivity contribution in [3.63, 3.8) is 0 Å². The van der Waals surface area contributed by atoms with E-state index < -0.39 is 0 Å². The molecular weight excluding hydrogens is 372 g/mol. The van der Waals surface area contributed by atoms with Gasteiger partial charge in [-0.3, -0.25) is 4.90 Å². The van der Waals surface area contributed by atoms with Gasteiger partial charge in [-0.25, -0.2) is 9.98 Å². The topological polar surface area (TPSA) is 57.5 Å². The first-order chi connectivity index (χ1) is 14.7. The van der Waals surface area contributed by atoms with Crippen molar-refractivity contribution in [2.24, 2.45) is 4.99 Å². The lowest BCUT2D eigenvalue weighted by atomic mass is 10.0. The predicted octanol–water partition coefficient (Wildman–Crippen LogP) is 3.56. The molecule has 2 N–H and O–H groups in total. The highest BCUT2D eigenvalue weighted by molar-refractivity contribution is 5.79. The third-order valence-electron chi connectivity index (χ3n) is 5.94. The standard InChI is InChI=1S/C24H38N6/c1-4-23-11-6-7-14-29(23)15-13-27-24(25-5-2)28-18-21-9-8-10-22(17-21)19-30-16-12-26-20(30)3/h8-10,12,16-17,23H,4-7,11,13-15,18-19H2,1-3H3,(H2,25,27,28). The Bertz CT molecular complexity index is 796. The summed E-state index contributed by atoms with van der Waals surface area (Å²) >= 11 is 0. The van der Waals surface area contributed by atoms with E-state index in [0.717, 1.165) is 44.0 Å². The molecule has 164 valence electrons. The van der Waals surface area contributed by atoms with Gasteiger partial charge >= 0.3 is 0 Å². The van der Waals surface area contributed by atoms with Gasteiger partial charge in [0.15, 0.2) is 5.96 Å². The molecule has 0 radical (unpaired) electrons. The molecule has 1 fully saturated rings. The number of imidazole rings is 1. The number of piperidine rings is 1. The Balaban J connectivity index is 1.53. The molecule has 6 nitrogen and oxygen atoms in total. The second kappa shape index (κ2) is 11.7. The molecular formula is C24H38N6. The summed E-state index contributed by atoms with van der Waals surface area (Å²) in [4.78, 5) is 11.8. The Labute approximate surface area is 181 Å². The van der Waals surface area contributed by atoms with Gasteiger partial charge in [0.1, 0.15) is 5.82 Å². The number of rotatable bonds is 9. The van der Waals surface area contributed by atoms with Crippen molar-refractivity contribution in [2.45, 2.75) is 65.6 Å². The van der Waals surface area contributed by atoms with Gasteiger partial charge in [-0.1, -0.05) is 37.6 Å². The van der Waals surface area contributed by atoms with E-state index in [0.29, 0.717) is 6.54 Å². The summed E-state index contributed by atoms with van der Waals surface area (Å²) in [5.41, 5.74) is 2.50. The molecule has 1 saturated heterocycles. The normalized spacial score (nSPS) is 17.8. The third-order valence-corrected chi connectivity index (χ3v) is 5.94. The second-order valence-corrected chi connectivity index (χ2v) is 8.14. The van der Waals surface area contributed by atoms with Gasteiger partial charge in [-0.05, 0) is 50.8 Å². The summed E-state index contributed by atoms with van der Waals surface area (Å²) in [6.45, 7) is 12.1. The molecule has 3 rings (SSSR count). The van der Waals surface area contributed by atoms with Crippen LogP contribution in [0.15, 0.2) is 41.7 Å². The van der Waals surface area contributed by atoms with Gasteiger partial charge in [0.2, 0.25) is 0 Å². The van der Waals surface area contributed by atoms with Crippen molar-refractivity contribution < 1.29 is 0 Å². The Morgan fingerprint density at radius 2 is 2.07 bits per heavy atom. The van der Waals surface area contributed by atoms with Crippen LogP contribution in [-0.4, -0.2) is 52.6 Å². The van der Waals surface area contributed by atoms with E-state index in [9.17, 15) is 0 Å². The predicted molar refractivity (Wildman–Crippen MR) is 125 cm³/mol. The SMILES string of the molecule is CCNC(=NCc1cccc(Cn2ccnc2C)c1)NCCN1CCCCC1CC. The monoisotopic (exact) mass is 410 g/mol. The van der Waals surface area contributed by atoms with Crippen LogP contribution in [0.3, 0.4) is 0 Å². The van der Waals surface area contributed by atoms with Crippen LogP contribution in [0, 0.1) is 6.92 Å². The number of hydrogen-bond donors (Lipinski definition) is 2. The van der Waals surface area contributed by atoms with E-state index in [1.165, 1.54) is 43.4 Å². The molecule has 1 aromatic heterocycles. The van der Waals surface area contributed by atoms with Crippen LogP contribution in [0.2, 0.25) is 0 Å². The minimum atomic E-state index is 0.674. The number of aliphatic imine (C=N–C) groups is 1. The largest absolute Gasteiger partial charge is 0.357 e. The number of aromatic nitrogens is 2. The van der Waals surface area contributed by atoms with Crippen molar-refractivity contribution in [2.75, 3.05) is 26.2 Å². The summed E-state index contributed by atoms with van der Waals surface area (Å²) in [5, 5.41) is 6.91. The van der Waals surface area contributed by atoms with Crippen molar-refractivity contribution >= 4 is 5.96 Å². The zero-order valence-electron chi connectivity index (χ0n) is 18.9. The second-order valence-electron chi connectivity index (χ2n) is 8.14. The Kier molecular flexibility index (Phi) is 8.75. The van der Waals surface area contributed by atoms with Crippen LogP contribution in [0.25, 0.3) is 0 Å². The fourth-order valence-electron chi connectivity index (χ4n) is 4.24. The van der Waals surface area contributed by atoms with Crippen LogP contribution in [0.1, 0.15) is 56.5 Å². The molecule has 6 heteroatoms. The molecule has 2 heterocycles. The van der Waals surface area contributed by atoms with E-state index in [2.05, 4.69) is 63.2 Å². The lowest BCUT2D eigenvalue weighted by molar-refractivity contribution is 0.147. The molecule has 0 bridgehead atoms. The Morgan fingerprint density at radius 1 is 1.20 bits per heavy atom. The molecule has 0 amide bonds. The minimum Gasteiger partial charge on any atom is -0.357 e. The molecule has 0 spiro atoms. The summed E-state index contributed by atoms with van der Waals surface area (Å²) in [6.07, 6.45) is 9.19.